The van der Waals surface area contributed by atoms with Crippen LogP contribution in [0, 0.1) is 13.8 Å². The molecule has 3 rings (SSSR count). The molecular weight excluding hydrogens is 296 g/mol. The van der Waals surface area contributed by atoms with Gasteiger partial charge in [0.15, 0.2) is 5.69 Å². The first-order valence-electron chi connectivity index (χ1n) is 7.87. The Labute approximate surface area is 134 Å². The molecule has 0 aliphatic heterocycles. The number of hydrogen-bond donors (Lipinski definition) is 1. The van der Waals surface area contributed by atoms with Gasteiger partial charge in [-0.2, -0.15) is 9.97 Å². The minimum Gasteiger partial charge on any atom is -0.464 e. The van der Waals surface area contributed by atoms with Crippen molar-refractivity contribution in [3.63, 3.8) is 0 Å². The number of fused-ring (bicyclic) bond motifs is 1. The summed E-state index contributed by atoms with van der Waals surface area (Å²) in [5, 5.41) is 6.81. The van der Waals surface area contributed by atoms with Crippen LogP contribution in [0.3, 0.4) is 0 Å². The summed E-state index contributed by atoms with van der Waals surface area (Å²) in [6, 6.07) is 0.319. The number of anilines is 1. The number of aryl methyl sites for hydroxylation is 3. The van der Waals surface area contributed by atoms with Crippen LogP contribution < -0.4 is 10.1 Å². The highest BCUT2D eigenvalue weighted by atomic mass is 16.5. The number of nitrogens with one attached hydrogen (secondary N) is 1. The lowest BCUT2D eigenvalue weighted by molar-refractivity contribution is 0.101. The molecule has 7 nitrogen and oxygen atoms in total. The van der Waals surface area contributed by atoms with Crippen molar-refractivity contribution in [2.24, 2.45) is 0 Å². The smallest absolute Gasteiger partial charge is 0.316 e. The zero-order valence-corrected chi connectivity index (χ0v) is 13.6. The monoisotopic (exact) mass is 316 g/mol. The molecule has 2 aromatic rings. The summed E-state index contributed by atoms with van der Waals surface area (Å²) >= 11 is 0. The fourth-order valence-electron chi connectivity index (χ4n) is 2.80. The SMILES string of the molecule is CCOc1nc(C)c(NC(=O)c2noc3c2CCCC3)c(C)n1. The second kappa shape index (κ2) is 6.36. The predicted molar refractivity (Wildman–Crippen MR) is 83.8 cm³/mol. The lowest BCUT2D eigenvalue weighted by Gasteiger charge is -2.12. The topological polar surface area (TPSA) is 90.1 Å². The molecule has 0 spiro atoms. The van der Waals surface area contributed by atoms with Crippen LogP contribution in [0.15, 0.2) is 4.52 Å². The number of rotatable bonds is 4. The van der Waals surface area contributed by atoms with Gasteiger partial charge in [0, 0.05) is 12.0 Å². The van der Waals surface area contributed by atoms with E-state index >= 15 is 0 Å². The van der Waals surface area contributed by atoms with Crippen molar-refractivity contribution in [3.05, 3.63) is 28.4 Å². The molecular formula is C16H20N4O3. The Bertz CT molecular complexity index is 716. The number of nitrogens with zero attached hydrogens (tertiary/aromatic N) is 3. The van der Waals surface area contributed by atoms with E-state index in [-0.39, 0.29) is 5.91 Å². The number of carbonyl (C=O) groups is 1. The van der Waals surface area contributed by atoms with Gasteiger partial charge in [-0.05, 0) is 40.0 Å². The first-order valence-corrected chi connectivity index (χ1v) is 7.87. The van der Waals surface area contributed by atoms with Crippen LogP contribution in [0.5, 0.6) is 6.01 Å². The van der Waals surface area contributed by atoms with Crippen LogP contribution in [-0.2, 0) is 12.8 Å². The normalized spacial score (nSPS) is 13.5. The minimum absolute atomic E-state index is 0.282. The van der Waals surface area contributed by atoms with Crippen LogP contribution in [0.2, 0.25) is 0 Å². The van der Waals surface area contributed by atoms with E-state index < -0.39 is 0 Å². The van der Waals surface area contributed by atoms with Gasteiger partial charge in [0.1, 0.15) is 5.76 Å². The molecule has 1 aliphatic rings. The quantitative estimate of drug-likeness (QED) is 0.932. The first kappa shape index (κ1) is 15.5. The molecule has 122 valence electrons. The maximum atomic E-state index is 12.5. The van der Waals surface area contributed by atoms with Gasteiger partial charge in [0.2, 0.25) is 0 Å². The van der Waals surface area contributed by atoms with Gasteiger partial charge >= 0.3 is 6.01 Å². The number of hydrogen-bond acceptors (Lipinski definition) is 6. The van der Waals surface area contributed by atoms with E-state index in [2.05, 4.69) is 20.4 Å². The fourth-order valence-corrected chi connectivity index (χ4v) is 2.80. The minimum atomic E-state index is -0.282. The molecule has 7 heteroatoms. The number of carbonyl (C=O) groups excluding carboxylic acids is 1. The highest BCUT2D eigenvalue weighted by molar-refractivity contribution is 6.04. The summed E-state index contributed by atoms with van der Waals surface area (Å²) in [6.07, 6.45) is 3.81. The third kappa shape index (κ3) is 3.04. The maximum Gasteiger partial charge on any atom is 0.316 e. The van der Waals surface area contributed by atoms with Crippen molar-refractivity contribution < 1.29 is 14.1 Å². The molecule has 23 heavy (non-hydrogen) atoms. The molecule has 0 fully saturated rings. The fraction of sp³-hybridized carbons (Fsp3) is 0.500. The van der Waals surface area contributed by atoms with E-state index in [4.69, 9.17) is 9.26 Å². The van der Waals surface area contributed by atoms with E-state index in [9.17, 15) is 4.79 Å². The Hall–Kier alpha value is -2.44. The zero-order chi connectivity index (χ0) is 16.4. The third-order valence-electron chi connectivity index (χ3n) is 3.93. The molecule has 2 aromatic heterocycles. The molecule has 0 atom stereocenters. The number of ether oxygens (including phenoxy) is 1. The number of amides is 1. The highest BCUT2D eigenvalue weighted by Crippen LogP contribution is 2.26. The summed E-state index contributed by atoms with van der Waals surface area (Å²) in [5.41, 5.74) is 3.20. The lowest BCUT2D eigenvalue weighted by Crippen LogP contribution is -2.18. The van der Waals surface area contributed by atoms with Gasteiger partial charge < -0.3 is 14.6 Å². The van der Waals surface area contributed by atoms with Crippen LogP contribution in [0.25, 0.3) is 0 Å². The van der Waals surface area contributed by atoms with Crippen LogP contribution >= 0.6 is 0 Å². The van der Waals surface area contributed by atoms with Crippen LogP contribution in [-0.4, -0.2) is 27.6 Å². The molecule has 0 unspecified atom stereocenters. The summed E-state index contributed by atoms with van der Waals surface area (Å²) in [7, 11) is 0. The third-order valence-corrected chi connectivity index (χ3v) is 3.93. The van der Waals surface area contributed by atoms with Crippen molar-refractivity contribution in [2.45, 2.75) is 46.5 Å². The molecule has 0 saturated carbocycles. The highest BCUT2D eigenvalue weighted by Gasteiger charge is 2.25. The molecule has 1 amide bonds. The molecule has 2 heterocycles. The van der Waals surface area contributed by atoms with Crippen LogP contribution in [0.4, 0.5) is 5.69 Å². The Balaban J connectivity index is 1.84. The summed E-state index contributed by atoms with van der Waals surface area (Å²) in [6.45, 7) is 5.99. The van der Waals surface area contributed by atoms with Crippen molar-refractivity contribution in [3.8, 4) is 6.01 Å². The lowest BCUT2D eigenvalue weighted by atomic mass is 9.96. The van der Waals surface area contributed by atoms with Gasteiger partial charge in [-0.15, -0.1) is 0 Å². The molecule has 0 aromatic carbocycles. The van der Waals surface area contributed by atoms with Gasteiger partial charge in [-0.25, -0.2) is 0 Å². The predicted octanol–water partition coefficient (Wildman–Crippen LogP) is 2.61. The van der Waals surface area contributed by atoms with E-state index in [0.29, 0.717) is 35.4 Å². The van der Waals surface area contributed by atoms with E-state index in [1.165, 1.54) is 0 Å². The molecule has 1 aliphatic carbocycles. The largest absolute Gasteiger partial charge is 0.464 e. The average molecular weight is 316 g/mol. The van der Waals surface area contributed by atoms with E-state index in [1.54, 1.807) is 0 Å². The maximum absolute atomic E-state index is 12.5. The molecule has 0 bridgehead atoms. The van der Waals surface area contributed by atoms with E-state index in [1.807, 2.05) is 20.8 Å². The van der Waals surface area contributed by atoms with Gasteiger partial charge in [-0.1, -0.05) is 5.16 Å². The van der Waals surface area contributed by atoms with Crippen molar-refractivity contribution >= 4 is 11.6 Å². The summed E-state index contributed by atoms with van der Waals surface area (Å²) in [4.78, 5) is 21.0. The average Bonchev–Trinajstić information content (AvgIpc) is 2.95. The van der Waals surface area contributed by atoms with Gasteiger partial charge in [0.05, 0.1) is 23.7 Å². The zero-order valence-electron chi connectivity index (χ0n) is 13.6. The second-order valence-electron chi connectivity index (χ2n) is 5.58. The standard InChI is InChI=1S/C16H20N4O3/c1-4-22-16-17-9(2)13(10(3)18-16)19-15(21)14-11-7-5-6-8-12(11)23-20-14/h4-8H2,1-3H3,(H,19,21). The van der Waals surface area contributed by atoms with E-state index in [0.717, 1.165) is 37.0 Å². The Morgan fingerprint density at radius 3 is 2.61 bits per heavy atom. The number of aromatic nitrogens is 3. The summed E-state index contributed by atoms with van der Waals surface area (Å²) in [5.74, 6) is 0.550. The molecule has 0 radical (unpaired) electrons. The van der Waals surface area contributed by atoms with Crippen molar-refractivity contribution in [1.82, 2.24) is 15.1 Å². The first-order chi connectivity index (χ1) is 11.1. The molecule has 1 N–H and O–H groups in total. The Kier molecular flexibility index (Phi) is 4.27. The molecule has 0 saturated heterocycles. The van der Waals surface area contributed by atoms with Crippen molar-refractivity contribution in [2.75, 3.05) is 11.9 Å². The van der Waals surface area contributed by atoms with Crippen molar-refractivity contribution in [1.29, 1.82) is 0 Å². The summed E-state index contributed by atoms with van der Waals surface area (Å²) < 4.78 is 10.6. The Morgan fingerprint density at radius 1 is 1.22 bits per heavy atom. The second-order valence-corrected chi connectivity index (χ2v) is 5.58. The Morgan fingerprint density at radius 2 is 1.91 bits per heavy atom. The van der Waals surface area contributed by atoms with Crippen LogP contribution in [0.1, 0.15) is 53.0 Å². The van der Waals surface area contributed by atoms with Gasteiger partial charge in [0.25, 0.3) is 5.91 Å². The van der Waals surface area contributed by atoms with Gasteiger partial charge in [-0.3, -0.25) is 4.79 Å².